The molecule has 3 aromatic rings. The first kappa shape index (κ1) is 23.0. The van der Waals surface area contributed by atoms with Crippen LogP contribution in [0.25, 0.3) is 0 Å². The molecule has 9 heteroatoms. The summed E-state index contributed by atoms with van der Waals surface area (Å²) in [6.07, 6.45) is 1.52. The van der Waals surface area contributed by atoms with Crippen LogP contribution in [0.4, 0.5) is 5.69 Å². The quantitative estimate of drug-likeness (QED) is 0.517. The summed E-state index contributed by atoms with van der Waals surface area (Å²) in [6, 6.07) is 14.8. The van der Waals surface area contributed by atoms with Crippen molar-refractivity contribution in [3.05, 3.63) is 76.0 Å². The van der Waals surface area contributed by atoms with Crippen LogP contribution in [-0.2, 0) is 17.9 Å². The van der Waals surface area contributed by atoms with Gasteiger partial charge in [-0.1, -0.05) is 24.3 Å². The van der Waals surface area contributed by atoms with Gasteiger partial charge in [0.1, 0.15) is 18.1 Å². The van der Waals surface area contributed by atoms with Crippen LogP contribution in [0.15, 0.2) is 59.2 Å². The molecule has 0 aliphatic carbocycles. The minimum absolute atomic E-state index is 0.160. The molecule has 1 fully saturated rings. The highest BCUT2D eigenvalue weighted by Gasteiger charge is 2.26. The fraction of sp³-hybridized carbons (Fsp3) is 0.292. The first-order valence-corrected chi connectivity index (χ1v) is 11.6. The molecule has 1 N–H and O–H groups in total. The number of nitrogens with zero attached hydrogens (tertiary/aromatic N) is 3. The van der Waals surface area contributed by atoms with Crippen LogP contribution in [0.3, 0.4) is 0 Å². The van der Waals surface area contributed by atoms with Crippen molar-refractivity contribution in [3.8, 4) is 5.75 Å². The third-order valence-electron chi connectivity index (χ3n) is 5.34. The Balaban J connectivity index is 1.43. The maximum atomic E-state index is 13.1. The van der Waals surface area contributed by atoms with Crippen LogP contribution in [0.1, 0.15) is 33.3 Å². The lowest BCUT2D eigenvalue weighted by molar-refractivity contribution is 0.0295. The Morgan fingerprint density at radius 2 is 1.85 bits per heavy atom. The highest BCUT2D eigenvalue weighted by molar-refractivity contribution is 9.10. The van der Waals surface area contributed by atoms with E-state index in [2.05, 4.69) is 26.3 Å². The van der Waals surface area contributed by atoms with E-state index in [0.29, 0.717) is 56.4 Å². The Morgan fingerprint density at radius 1 is 1.12 bits per heavy atom. The molecule has 2 amide bonds. The summed E-state index contributed by atoms with van der Waals surface area (Å²) >= 11 is 3.46. The summed E-state index contributed by atoms with van der Waals surface area (Å²) in [5, 5.41) is 7.12. The highest BCUT2D eigenvalue weighted by Crippen LogP contribution is 2.25. The van der Waals surface area contributed by atoms with Gasteiger partial charge in [0.25, 0.3) is 11.8 Å². The normalized spacial score (nSPS) is 13.6. The lowest BCUT2D eigenvalue weighted by atomic mass is 10.1. The number of rotatable bonds is 7. The van der Waals surface area contributed by atoms with E-state index in [-0.39, 0.29) is 11.8 Å². The van der Waals surface area contributed by atoms with Gasteiger partial charge in [0, 0.05) is 25.2 Å². The molecule has 2 aromatic carbocycles. The highest BCUT2D eigenvalue weighted by atomic mass is 79.9. The van der Waals surface area contributed by atoms with Crippen LogP contribution < -0.4 is 10.1 Å². The number of carbonyl (C=O) groups is 2. The zero-order valence-electron chi connectivity index (χ0n) is 18.3. The largest absolute Gasteiger partial charge is 0.488 e. The molecule has 33 heavy (non-hydrogen) atoms. The number of carbonyl (C=O) groups excluding carboxylic acids is 2. The molecule has 0 spiro atoms. The second kappa shape index (κ2) is 10.6. The Hall–Kier alpha value is -3.17. The number of halogens is 1. The van der Waals surface area contributed by atoms with E-state index >= 15 is 0 Å². The predicted molar refractivity (Wildman–Crippen MR) is 127 cm³/mol. The fourth-order valence-electron chi connectivity index (χ4n) is 3.53. The molecule has 172 valence electrons. The van der Waals surface area contributed by atoms with Crippen molar-refractivity contribution >= 4 is 33.4 Å². The minimum Gasteiger partial charge on any atom is -0.488 e. The molecule has 1 aromatic heterocycles. The van der Waals surface area contributed by atoms with Gasteiger partial charge in [-0.15, -0.1) is 0 Å². The molecule has 8 nitrogen and oxygen atoms in total. The second-order valence-electron chi connectivity index (χ2n) is 7.50. The number of ether oxygens (including phenoxy) is 2. The average Bonchev–Trinajstić information content (AvgIpc) is 3.26. The van der Waals surface area contributed by atoms with Crippen molar-refractivity contribution in [1.82, 2.24) is 14.7 Å². The van der Waals surface area contributed by atoms with Gasteiger partial charge < -0.3 is 19.7 Å². The Kier molecular flexibility index (Phi) is 7.41. The molecule has 2 heterocycles. The fourth-order valence-corrected chi connectivity index (χ4v) is 3.93. The Bertz CT molecular complexity index is 1120. The smallest absolute Gasteiger partial charge is 0.274 e. The van der Waals surface area contributed by atoms with E-state index in [1.54, 1.807) is 21.7 Å². The molecule has 1 aliphatic heterocycles. The topological polar surface area (TPSA) is 85.7 Å². The molecule has 4 rings (SSSR count). The van der Waals surface area contributed by atoms with E-state index in [0.717, 1.165) is 15.8 Å². The molecule has 0 unspecified atom stereocenters. The van der Waals surface area contributed by atoms with Crippen molar-refractivity contribution in [3.63, 3.8) is 0 Å². The second-order valence-corrected chi connectivity index (χ2v) is 8.35. The zero-order chi connectivity index (χ0) is 23.2. The van der Waals surface area contributed by atoms with Crippen LogP contribution in [-0.4, -0.2) is 52.8 Å². The van der Waals surface area contributed by atoms with Crippen LogP contribution >= 0.6 is 15.9 Å². The van der Waals surface area contributed by atoms with Crippen molar-refractivity contribution in [2.45, 2.75) is 20.1 Å². The summed E-state index contributed by atoms with van der Waals surface area (Å²) < 4.78 is 13.7. The van der Waals surface area contributed by atoms with E-state index in [4.69, 9.17) is 9.47 Å². The molecule has 0 atom stereocenters. The third-order valence-corrected chi connectivity index (χ3v) is 5.99. The van der Waals surface area contributed by atoms with Gasteiger partial charge in [-0.05, 0) is 52.7 Å². The Labute approximate surface area is 200 Å². The van der Waals surface area contributed by atoms with Crippen molar-refractivity contribution in [2.75, 3.05) is 31.6 Å². The van der Waals surface area contributed by atoms with Crippen molar-refractivity contribution in [1.29, 1.82) is 0 Å². The first-order chi connectivity index (χ1) is 16.1. The summed E-state index contributed by atoms with van der Waals surface area (Å²) in [7, 11) is 0. The average molecular weight is 513 g/mol. The number of aromatic nitrogens is 2. The minimum atomic E-state index is -0.306. The standard InChI is InChI=1S/C24H25BrN4O4/c1-2-29-22(24(31)28-11-13-32-14-12-28)20(15-26-29)27-23(30)18-9-7-17(8-10-18)16-33-21-6-4-3-5-19(21)25/h3-10,15H,2,11-14,16H2,1H3,(H,27,30). The monoisotopic (exact) mass is 512 g/mol. The SMILES string of the molecule is CCn1ncc(NC(=O)c2ccc(COc3ccccc3Br)cc2)c1C(=O)N1CCOCC1. The van der Waals surface area contributed by atoms with Crippen LogP contribution in [0, 0.1) is 0 Å². The van der Waals surface area contributed by atoms with E-state index in [1.807, 2.05) is 43.3 Å². The van der Waals surface area contributed by atoms with Gasteiger partial charge in [-0.2, -0.15) is 5.10 Å². The maximum Gasteiger partial charge on any atom is 0.274 e. The lowest BCUT2D eigenvalue weighted by Gasteiger charge is -2.27. The number of hydrogen-bond acceptors (Lipinski definition) is 5. The van der Waals surface area contributed by atoms with Crippen molar-refractivity contribution < 1.29 is 19.1 Å². The molecular formula is C24H25BrN4O4. The number of para-hydroxylation sites is 1. The molecule has 0 bridgehead atoms. The first-order valence-electron chi connectivity index (χ1n) is 10.8. The number of morpholine rings is 1. The van der Waals surface area contributed by atoms with E-state index in [9.17, 15) is 9.59 Å². The zero-order valence-corrected chi connectivity index (χ0v) is 19.9. The van der Waals surface area contributed by atoms with Gasteiger partial charge in [0.05, 0.1) is 29.6 Å². The Morgan fingerprint density at radius 3 is 2.55 bits per heavy atom. The maximum absolute atomic E-state index is 13.1. The molecule has 0 radical (unpaired) electrons. The third kappa shape index (κ3) is 5.43. The van der Waals surface area contributed by atoms with Crippen LogP contribution in [0.2, 0.25) is 0 Å². The molecule has 1 aliphatic rings. The molecule has 0 saturated carbocycles. The van der Waals surface area contributed by atoms with E-state index < -0.39 is 0 Å². The summed E-state index contributed by atoms with van der Waals surface area (Å²) in [5.41, 5.74) is 2.20. The summed E-state index contributed by atoms with van der Waals surface area (Å²) in [4.78, 5) is 27.7. The van der Waals surface area contributed by atoms with Gasteiger partial charge in [-0.25, -0.2) is 0 Å². The number of hydrogen-bond donors (Lipinski definition) is 1. The van der Waals surface area contributed by atoms with Crippen molar-refractivity contribution in [2.24, 2.45) is 0 Å². The number of amides is 2. The number of benzene rings is 2. The molecular weight excluding hydrogens is 488 g/mol. The lowest BCUT2D eigenvalue weighted by Crippen LogP contribution is -2.41. The summed E-state index contributed by atoms with van der Waals surface area (Å²) in [6.45, 7) is 4.85. The van der Waals surface area contributed by atoms with Gasteiger partial charge in [0.2, 0.25) is 0 Å². The van der Waals surface area contributed by atoms with E-state index in [1.165, 1.54) is 6.20 Å². The predicted octanol–water partition coefficient (Wildman–Crippen LogP) is 3.97. The van der Waals surface area contributed by atoms with Gasteiger partial charge in [-0.3, -0.25) is 14.3 Å². The molecule has 1 saturated heterocycles. The van der Waals surface area contributed by atoms with Gasteiger partial charge in [0.15, 0.2) is 0 Å². The number of aryl methyl sites for hydroxylation is 1. The summed E-state index contributed by atoms with van der Waals surface area (Å²) in [5.74, 6) is 0.289. The number of anilines is 1. The van der Waals surface area contributed by atoms with Gasteiger partial charge >= 0.3 is 0 Å². The number of nitrogens with one attached hydrogen (secondary N) is 1. The van der Waals surface area contributed by atoms with Crippen LogP contribution in [0.5, 0.6) is 5.75 Å².